The predicted octanol–water partition coefficient (Wildman–Crippen LogP) is 6.57. The maximum atomic E-state index is 10.2. The zero-order valence-corrected chi connectivity index (χ0v) is 16.9. The average Bonchev–Trinajstić information content (AvgIpc) is 2.69. The third kappa shape index (κ3) is 7.18. The van der Waals surface area contributed by atoms with Crippen LogP contribution in [0.15, 0.2) is 48.5 Å². The molecule has 3 rings (SSSR count). The van der Waals surface area contributed by atoms with Gasteiger partial charge in [0.15, 0.2) is 0 Å². The zero-order chi connectivity index (χ0) is 20.2. The second kappa shape index (κ2) is 12.0. The van der Waals surface area contributed by atoms with Crippen LogP contribution in [0.1, 0.15) is 64.7 Å². The first-order valence-corrected chi connectivity index (χ1v) is 10.4. The fourth-order valence-corrected chi connectivity index (χ4v) is 3.23. The van der Waals surface area contributed by atoms with E-state index >= 15 is 0 Å². The van der Waals surface area contributed by atoms with Gasteiger partial charge in [-0.1, -0.05) is 76.1 Å². The van der Waals surface area contributed by atoms with Crippen LogP contribution >= 0.6 is 0 Å². The first kappa shape index (κ1) is 21.7. The van der Waals surface area contributed by atoms with E-state index in [4.69, 9.17) is 10.8 Å². The first-order chi connectivity index (χ1) is 13.6. The number of aromatic nitrogens is 1. The van der Waals surface area contributed by atoms with Gasteiger partial charge < -0.3 is 10.8 Å². The molecule has 0 bridgehead atoms. The molecule has 0 saturated heterocycles. The van der Waals surface area contributed by atoms with Crippen molar-refractivity contribution in [2.24, 2.45) is 0 Å². The lowest BCUT2D eigenvalue weighted by molar-refractivity contribution is -0.137. The Morgan fingerprint density at radius 3 is 2.25 bits per heavy atom. The van der Waals surface area contributed by atoms with Gasteiger partial charge >= 0.3 is 5.97 Å². The number of pyridine rings is 1. The molecule has 0 spiro atoms. The summed E-state index contributed by atoms with van der Waals surface area (Å²) < 4.78 is 0. The summed E-state index contributed by atoms with van der Waals surface area (Å²) in [5.74, 6) is -0.661. The highest BCUT2D eigenvalue weighted by atomic mass is 16.4. The summed E-state index contributed by atoms with van der Waals surface area (Å²) in [6, 6.07) is 16.0. The number of carboxylic acids is 1. The molecule has 3 N–H and O–H groups in total. The standard InChI is InChI=1S/C13H10N2.C11H22O2/c14-11-5-3-7-13-10(11)8-9-4-1-2-6-12(9)15-13;1-2-3-4-5-6-7-8-9-10-11(12)13/h1-8H,14H2;2-10H2,1H3,(H,12,13). The van der Waals surface area contributed by atoms with Gasteiger partial charge in [-0.3, -0.25) is 4.79 Å². The fraction of sp³-hybridized carbons (Fsp3) is 0.417. The maximum Gasteiger partial charge on any atom is 0.303 e. The van der Waals surface area contributed by atoms with Crippen molar-refractivity contribution in [3.8, 4) is 0 Å². The fourth-order valence-electron chi connectivity index (χ4n) is 3.23. The van der Waals surface area contributed by atoms with Crippen molar-refractivity contribution in [2.75, 3.05) is 5.73 Å². The van der Waals surface area contributed by atoms with Gasteiger partial charge in [0.05, 0.1) is 11.0 Å². The minimum atomic E-state index is -0.661. The lowest BCUT2D eigenvalue weighted by Gasteiger charge is -2.03. The van der Waals surface area contributed by atoms with Crippen molar-refractivity contribution in [2.45, 2.75) is 64.7 Å². The molecule has 0 fully saturated rings. The number of hydrogen-bond donors (Lipinski definition) is 2. The van der Waals surface area contributed by atoms with Crippen LogP contribution in [0.3, 0.4) is 0 Å². The van der Waals surface area contributed by atoms with Crippen molar-refractivity contribution >= 4 is 33.5 Å². The van der Waals surface area contributed by atoms with Crippen molar-refractivity contribution in [1.82, 2.24) is 4.98 Å². The lowest BCUT2D eigenvalue weighted by Crippen LogP contribution is -1.93. The molecule has 0 amide bonds. The largest absolute Gasteiger partial charge is 0.481 e. The number of rotatable bonds is 9. The number of unbranched alkanes of at least 4 members (excludes halogenated alkanes) is 7. The van der Waals surface area contributed by atoms with E-state index < -0.39 is 5.97 Å². The van der Waals surface area contributed by atoms with Crippen molar-refractivity contribution in [3.63, 3.8) is 0 Å². The van der Waals surface area contributed by atoms with E-state index in [0.29, 0.717) is 6.42 Å². The zero-order valence-electron chi connectivity index (χ0n) is 16.9. The minimum absolute atomic E-state index is 0.342. The van der Waals surface area contributed by atoms with Gasteiger partial charge in [0.1, 0.15) is 0 Å². The summed E-state index contributed by atoms with van der Waals surface area (Å²) in [6.07, 6.45) is 10.1. The summed E-state index contributed by atoms with van der Waals surface area (Å²) >= 11 is 0. The Morgan fingerprint density at radius 1 is 0.893 bits per heavy atom. The Kier molecular flexibility index (Phi) is 9.26. The van der Waals surface area contributed by atoms with Gasteiger partial charge in [-0.25, -0.2) is 4.98 Å². The number of aliphatic carboxylic acids is 1. The summed E-state index contributed by atoms with van der Waals surface area (Å²) in [5.41, 5.74) is 8.65. The van der Waals surface area contributed by atoms with E-state index in [0.717, 1.165) is 40.3 Å². The van der Waals surface area contributed by atoms with Gasteiger partial charge in [0.2, 0.25) is 0 Å². The molecule has 1 heterocycles. The highest BCUT2D eigenvalue weighted by Crippen LogP contribution is 2.23. The highest BCUT2D eigenvalue weighted by molar-refractivity contribution is 5.98. The molecule has 0 saturated carbocycles. The molecular weight excluding hydrogens is 348 g/mol. The van der Waals surface area contributed by atoms with Crippen molar-refractivity contribution in [3.05, 3.63) is 48.5 Å². The van der Waals surface area contributed by atoms with Crippen LogP contribution in [0.4, 0.5) is 5.69 Å². The minimum Gasteiger partial charge on any atom is -0.481 e. The summed E-state index contributed by atoms with van der Waals surface area (Å²) in [6.45, 7) is 2.22. The quantitative estimate of drug-likeness (QED) is 0.250. The maximum absolute atomic E-state index is 10.2. The SMILES string of the molecule is CCCCCCCCCCC(=O)O.Nc1cccc2nc3ccccc3cc12. The summed E-state index contributed by atoms with van der Waals surface area (Å²) in [7, 11) is 0. The topological polar surface area (TPSA) is 76.2 Å². The third-order valence-corrected chi connectivity index (χ3v) is 4.84. The van der Waals surface area contributed by atoms with Crippen LogP contribution in [0.25, 0.3) is 21.8 Å². The molecule has 0 aliphatic carbocycles. The smallest absolute Gasteiger partial charge is 0.303 e. The molecule has 4 nitrogen and oxygen atoms in total. The Labute approximate surface area is 167 Å². The van der Waals surface area contributed by atoms with Crippen LogP contribution in [0.5, 0.6) is 0 Å². The van der Waals surface area contributed by atoms with Gasteiger partial charge in [-0.15, -0.1) is 0 Å². The monoisotopic (exact) mass is 380 g/mol. The van der Waals surface area contributed by atoms with Gasteiger partial charge in [0, 0.05) is 22.9 Å². The molecule has 2 aromatic carbocycles. The van der Waals surface area contributed by atoms with Crippen LogP contribution in [-0.2, 0) is 4.79 Å². The number of benzene rings is 2. The molecule has 0 radical (unpaired) electrons. The number of anilines is 1. The summed E-state index contributed by atoms with van der Waals surface area (Å²) in [4.78, 5) is 14.7. The number of para-hydroxylation sites is 1. The molecule has 150 valence electrons. The van der Waals surface area contributed by atoms with Gasteiger partial charge in [0.25, 0.3) is 0 Å². The first-order valence-electron chi connectivity index (χ1n) is 10.4. The molecule has 3 aromatic rings. The molecule has 0 atom stereocenters. The van der Waals surface area contributed by atoms with Crippen LogP contribution in [0, 0.1) is 0 Å². The molecule has 1 aromatic heterocycles. The van der Waals surface area contributed by atoms with E-state index in [9.17, 15) is 4.79 Å². The molecule has 0 unspecified atom stereocenters. The lowest BCUT2D eigenvalue weighted by atomic mass is 10.1. The van der Waals surface area contributed by atoms with Crippen molar-refractivity contribution < 1.29 is 9.90 Å². The Hall–Kier alpha value is -2.62. The number of fused-ring (bicyclic) bond motifs is 2. The predicted molar refractivity (Wildman–Crippen MR) is 119 cm³/mol. The van der Waals surface area contributed by atoms with E-state index in [1.54, 1.807) is 0 Å². The number of nitrogens with zero attached hydrogens (tertiary/aromatic N) is 1. The number of carbonyl (C=O) groups is 1. The van der Waals surface area contributed by atoms with E-state index in [1.165, 1.54) is 38.5 Å². The second-order valence-electron chi connectivity index (χ2n) is 7.21. The number of nitrogens with two attached hydrogens (primary N) is 1. The number of nitrogen functional groups attached to an aromatic ring is 1. The van der Waals surface area contributed by atoms with E-state index in [2.05, 4.69) is 18.0 Å². The summed E-state index contributed by atoms with van der Waals surface area (Å²) in [5, 5.41) is 10.5. The van der Waals surface area contributed by atoms with Crippen LogP contribution < -0.4 is 5.73 Å². The van der Waals surface area contributed by atoms with E-state index in [1.807, 2.05) is 42.5 Å². The molecule has 0 aliphatic heterocycles. The number of hydrogen-bond acceptors (Lipinski definition) is 3. The highest BCUT2D eigenvalue weighted by Gasteiger charge is 2.01. The Bertz CT molecular complexity index is 877. The molecule has 4 heteroatoms. The van der Waals surface area contributed by atoms with Gasteiger partial charge in [-0.05, 0) is 30.7 Å². The normalized spacial score (nSPS) is 10.6. The van der Waals surface area contributed by atoms with Crippen LogP contribution in [-0.4, -0.2) is 16.1 Å². The Balaban J connectivity index is 0.000000204. The van der Waals surface area contributed by atoms with Crippen LogP contribution in [0.2, 0.25) is 0 Å². The molecule has 0 aliphatic rings. The second-order valence-corrected chi connectivity index (χ2v) is 7.21. The third-order valence-electron chi connectivity index (χ3n) is 4.84. The number of carboxylic acid groups (broad SMARTS) is 1. The van der Waals surface area contributed by atoms with Crippen molar-refractivity contribution in [1.29, 1.82) is 0 Å². The molecular formula is C24H32N2O2. The Morgan fingerprint density at radius 2 is 1.54 bits per heavy atom. The van der Waals surface area contributed by atoms with Gasteiger partial charge in [-0.2, -0.15) is 0 Å². The molecule has 28 heavy (non-hydrogen) atoms. The average molecular weight is 381 g/mol. The van der Waals surface area contributed by atoms with E-state index in [-0.39, 0.29) is 0 Å².